The first-order valence-electron chi connectivity index (χ1n) is 15.0. The number of nitrogens with zero attached hydrogens (tertiary/aromatic N) is 3. The van der Waals surface area contributed by atoms with Gasteiger partial charge in [-0.05, 0) is 85.3 Å². The molecule has 0 bridgehead atoms. The highest BCUT2D eigenvalue weighted by Crippen LogP contribution is 2.42. The van der Waals surface area contributed by atoms with Crippen molar-refractivity contribution < 1.29 is 13.9 Å². The molecule has 226 valence electrons. The molecule has 7 rings (SSSR count). The second kappa shape index (κ2) is 11.8. The SMILES string of the molecule is COc1cccc(F)c1C1NCc2cnc(Nc3ccc(C(=O)N(C)C4CNCC5CCC54)cc3)nc2-c2ccc(Cl)cc21. The summed E-state index contributed by atoms with van der Waals surface area (Å²) in [6, 6.07) is 17.5. The molecule has 2 aliphatic heterocycles. The Hall–Kier alpha value is -4.05. The Morgan fingerprint density at radius 3 is 2.73 bits per heavy atom. The molecular formula is C34H34ClFN6O2. The van der Waals surface area contributed by atoms with Crippen molar-refractivity contribution in [1.82, 2.24) is 25.5 Å². The fraction of sp³-hybridized carbons (Fsp3) is 0.324. The molecular weight excluding hydrogens is 579 g/mol. The van der Waals surface area contributed by atoms with Crippen LogP contribution in [0.15, 0.2) is 66.9 Å². The average molecular weight is 613 g/mol. The van der Waals surface area contributed by atoms with Gasteiger partial charge in [0.05, 0.1) is 24.4 Å². The third kappa shape index (κ3) is 5.19. The first-order chi connectivity index (χ1) is 21.4. The number of halogens is 2. The van der Waals surface area contributed by atoms with Crippen LogP contribution in [-0.2, 0) is 6.54 Å². The Bertz CT molecular complexity index is 1720. The van der Waals surface area contributed by atoms with E-state index in [1.165, 1.54) is 26.0 Å². The molecule has 2 fully saturated rings. The van der Waals surface area contributed by atoms with Crippen LogP contribution in [0.25, 0.3) is 11.3 Å². The van der Waals surface area contributed by atoms with E-state index in [1.807, 2.05) is 54.4 Å². The molecule has 0 radical (unpaired) electrons. The van der Waals surface area contributed by atoms with Crippen LogP contribution in [0.3, 0.4) is 0 Å². The molecule has 4 unspecified atom stereocenters. The molecule has 3 aromatic carbocycles. The van der Waals surface area contributed by atoms with E-state index in [9.17, 15) is 4.79 Å². The highest BCUT2D eigenvalue weighted by Gasteiger charge is 2.42. The van der Waals surface area contributed by atoms with Gasteiger partial charge < -0.3 is 25.6 Å². The van der Waals surface area contributed by atoms with Crippen LogP contribution in [0, 0.1) is 17.7 Å². The van der Waals surface area contributed by atoms with Crippen LogP contribution in [0.2, 0.25) is 5.02 Å². The number of nitrogens with one attached hydrogen (secondary N) is 3. The van der Waals surface area contributed by atoms with Crippen LogP contribution in [-0.4, -0.2) is 54.1 Å². The third-order valence-electron chi connectivity index (χ3n) is 9.40. The maximum atomic E-state index is 15.2. The summed E-state index contributed by atoms with van der Waals surface area (Å²) in [6.45, 7) is 2.32. The Labute approximate surface area is 261 Å². The highest BCUT2D eigenvalue weighted by atomic mass is 35.5. The minimum absolute atomic E-state index is 0.0287. The van der Waals surface area contributed by atoms with Gasteiger partial charge in [-0.15, -0.1) is 0 Å². The Morgan fingerprint density at radius 2 is 1.95 bits per heavy atom. The molecule has 8 nitrogen and oxygen atoms in total. The van der Waals surface area contributed by atoms with Crippen LogP contribution in [0.4, 0.5) is 16.0 Å². The molecule has 3 aliphatic rings. The standard InChI is InChI=1S/C34H34ClFN6O2/c1-42(28-18-37-15-20-8-12-24(20)28)33(43)19-6-10-23(11-7-19)40-34-39-17-21-16-38-32(30-27(36)4-3-5-29(30)44-2)26-14-22(35)9-13-25(26)31(21)41-34/h3-7,9-11,13-14,17,20,24,28,32,37-38H,8,12,15-16,18H2,1-2H3,(H,39,40,41). The molecule has 0 spiro atoms. The lowest BCUT2D eigenvalue weighted by Gasteiger charge is -2.49. The minimum Gasteiger partial charge on any atom is -0.496 e. The van der Waals surface area contributed by atoms with Crippen molar-refractivity contribution in [2.75, 3.05) is 32.6 Å². The number of aromatic nitrogens is 2. The lowest BCUT2D eigenvalue weighted by molar-refractivity contribution is 0.0252. The fourth-order valence-electron chi connectivity index (χ4n) is 6.90. The summed E-state index contributed by atoms with van der Waals surface area (Å²) < 4.78 is 20.7. The molecule has 1 saturated heterocycles. The Morgan fingerprint density at radius 1 is 1.11 bits per heavy atom. The summed E-state index contributed by atoms with van der Waals surface area (Å²) >= 11 is 6.45. The number of hydrogen-bond donors (Lipinski definition) is 3. The normalized spacial score (nSPS) is 22.0. The maximum Gasteiger partial charge on any atom is 0.253 e. The number of carbonyl (C=O) groups excluding carboxylic acids is 1. The molecule has 1 amide bonds. The molecule has 1 saturated carbocycles. The Kier molecular flexibility index (Phi) is 7.70. The largest absolute Gasteiger partial charge is 0.496 e. The van der Waals surface area contributed by atoms with Gasteiger partial charge in [0, 0.05) is 59.8 Å². The predicted octanol–water partition coefficient (Wildman–Crippen LogP) is 5.95. The topological polar surface area (TPSA) is 91.4 Å². The summed E-state index contributed by atoms with van der Waals surface area (Å²) in [5, 5.41) is 10.8. The summed E-state index contributed by atoms with van der Waals surface area (Å²) in [7, 11) is 3.45. The van der Waals surface area contributed by atoms with Crippen LogP contribution >= 0.6 is 11.6 Å². The number of carbonyl (C=O) groups is 1. The predicted molar refractivity (Wildman–Crippen MR) is 169 cm³/mol. The van der Waals surface area contributed by atoms with Crippen molar-refractivity contribution in [3.63, 3.8) is 0 Å². The van der Waals surface area contributed by atoms with Gasteiger partial charge in [0.1, 0.15) is 11.6 Å². The van der Waals surface area contributed by atoms with Crippen LogP contribution in [0.1, 0.15) is 45.9 Å². The summed E-state index contributed by atoms with van der Waals surface area (Å²) in [5.74, 6) is 1.79. The number of fused-ring (bicyclic) bond motifs is 4. The number of ether oxygens (including phenoxy) is 1. The van der Waals surface area contributed by atoms with Crippen molar-refractivity contribution in [3.8, 4) is 17.0 Å². The molecule has 1 aromatic heterocycles. The van der Waals surface area contributed by atoms with E-state index in [0.29, 0.717) is 46.2 Å². The number of anilines is 2. The van der Waals surface area contributed by atoms with Crippen molar-refractivity contribution in [2.45, 2.75) is 31.5 Å². The molecule has 3 N–H and O–H groups in total. The fourth-order valence-corrected chi connectivity index (χ4v) is 7.08. The number of amides is 1. The lowest BCUT2D eigenvalue weighted by Crippen LogP contribution is -2.58. The summed E-state index contributed by atoms with van der Waals surface area (Å²) in [5.41, 5.74) is 5.02. The summed E-state index contributed by atoms with van der Waals surface area (Å²) in [4.78, 5) is 24.7. The summed E-state index contributed by atoms with van der Waals surface area (Å²) in [6.07, 6.45) is 4.22. The van der Waals surface area contributed by atoms with Gasteiger partial charge in [0.25, 0.3) is 5.91 Å². The highest BCUT2D eigenvalue weighted by molar-refractivity contribution is 6.30. The first kappa shape index (κ1) is 28.7. The van der Waals surface area contributed by atoms with Gasteiger partial charge >= 0.3 is 0 Å². The van der Waals surface area contributed by atoms with E-state index in [4.69, 9.17) is 21.3 Å². The van der Waals surface area contributed by atoms with Crippen LogP contribution < -0.4 is 20.7 Å². The average Bonchev–Trinajstić information content (AvgIpc) is 3.17. The van der Waals surface area contributed by atoms with E-state index in [-0.39, 0.29) is 17.8 Å². The number of benzene rings is 3. The second-order valence-corrected chi connectivity index (χ2v) is 12.3. The smallest absolute Gasteiger partial charge is 0.253 e. The molecule has 3 heterocycles. The monoisotopic (exact) mass is 612 g/mol. The minimum atomic E-state index is -0.520. The number of rotatable bonds is 6. The first-order valence-corrected chi connectivity index (χ1v) is 15.4. The number of methoxy groups -OCH3 is 1. The van der Waals surface area contributed by atoms with Gasteiger partial charge in [-0.1, -0.05) is 23.7 Å². The van der Waals surface area contributed by atoms with Crippen LogP contribution in [0.5, 0.6) is 5.75 Å². The van der Waals surface area contributed by atoms with Crippen molar-refractivity contribution in [3.05, 3.63) is 100.0 Å². The van der Waals surface area contributed by atoms with Gasteiger partial charge in [0.15, 0.2) is 0 Å². The van der Waals surface area contributed by atoms with Gasteiger partial charge in [0.2, 0.25) is 5.95 Å². The Balaban J connectivity index is 1.14. The van der Waals surface area contributed by atoms with E-state index < -0.39 is 6.04 Å². The van der Waals surface area contributed by atoms with E-state index in [1.54, 1.807) is 18.3 Å². The van der Waals surface area contributed by atoms with Crippen molar-refractivity contribution >= 4 is 29.1 Å². The van der Waals surface area contributed by atoms with E-state index in [0.717, 1.165) is 41.2 Å². The van der Waals surface area contributed by atoms with Gasteiger partial charge in [-0.3, -0.25) is 4.79 Å². The lowest BCUT2D eigenvalue weighted by atomic mass is 9.67. The van der Waals surface area contributed by atoms with Crippen molar-refractivity contribution in [1.29, 1.82) is 0 Å². The number of likely N-dealkylation sites (N-methyl/N-ethyl adjacent to an activating group) is 1. The van der Waals surface area contributed by atoms with E-state index in [2.05, 4.69) is 20.9 Å². The number of piperidine rings is 1. The zero-order chi connectivity index (χ0) is 30.4. The molecule has 1 aliphatic carbocycles. The zero-order valence-electron chi connectivity index (χ0n) is 24.6. The zero-order valence-corrected chi connectivity index (χ0v) is 25.4. The second-order valence-electron chi connectivity index (χ2n) is 11.8. The third-order valence-corrected chi connectivity index (χ3v) is 9.63. The van der Waals surface area contributed by atoms with Crippen molar-refractivity contribution in [2.24, 2.45) is 11.8 Å². The quantitative estimate of drug-likeness (QED) is 0.248. The number of hydrogen-bond acceptors (Lipinski definition) is 7. The molecule has 4 aromatic rings. The van der Waals surface area contributed by atoms with Gasteiger partial charge in [-0.2, -0.15) is 0 Å². The molecule has 44 heavy (non-hydrogen) atoms. The maximum absolute atomic E-state index is 15.2. The van der Waals surface area contributed by atoms with Gasteiger partial charge in [-0.25, -0.2) is 14.4 Å². The van der Waals surface area contributed by atoms with E-state index >= 15 is 4.39 Å². The molecule has 10 heteroatoms. The molecule has 4 atom stereocenters.